The molecule has 1 aliphatic rings. The lowest BCUT2D eigenvalue weighted by atomic mass is 10.1. The molecule has 1 saturated heterocycles. The summed E-state index contributed by atoms with van der Waals surface area (Å²) in [6.07, 6.45) is 2.94. The third kappa shape index (κ3) is 2.12. The number of carbonyl (C=O) groups is 1. The van der Waals surface area contributed by atoms with Crippen molar-refractivity contribution in [2.75, 3.05) is 27.2 Å². The lowest BCUT2D eigenvalue weighted by Gasteiger charge is -2.20. The van der Waals surface area contributed by atoms with Gasteiger partial charge < -0.3 is 14.8 Å². The van der Waals surface area contributed by atoms with Crippen LogP contribution in [0.25, 0.3) is 10.9 Å². The zero-order valence-corrected chi connectivity index (χ0v) is 11.4. The number of H-pyrrole nitrogens is 1. The average Bonchev–Trinajstić information content (AvgIpc) is 3.06. The predicted molar refractivity (Wildman–Crippen MR) is 76.3 cm³/mol. The van der Waals surface area contributed by atoms with Crippen molar-refractivity contribution in [2.45, 2.75) is 12.5 Å². The number of aromatic nitrogens is 1. The molecule has 1 amide bonds. The van der Waals surface area contributed by atoms with Crippen LogP contribution in [-0.2, 0) is 0 Å². The van der Waals surface area contributed by atoms with Crippen molar-refractivity contribution in [2.24, 2.45) is 0 Å². The molecular weight excluding hydrogens is 238 g/mol. The van der Waals surface area contributed by atoms with Gasteiger partial charge in [0.2, 0.25) is 0 Å². The summed E-state index contributed by atoms with van der Waals surface area (Å²) in [6.45, 7) is 1.68. The quantitative estimate of drug-likeness (QED) is 0.893. The topological polar surface area (TPSA) is 39.3 Å². The fourth-order valence-electron chi connectivity index (χ4n) is 2.79. The van der Waals surface area contributed by atoms with Crippen LogP contribution in [0.2, 0.25) is 0 Å². The van der Waals surface area contributed by atoms with E-state index in [4.69, 9.17) is 0 Å². The summed E-state index contributed by atoms with van der Waals surface area (Å²) in [4.78, 5) is 19.9. The Kier molecular flexibility index (Phi) is 3.03. The van der Waals surface area contributed by atoms with Gasteiger partial charge in [-0.3, -0.25) is 4.79 Å². The van der Waals surface area contributed by atoms with E-state index in [-0.39, 0.29) is 5.91 Å². The summed E-state index contributed by atoms with van der Waals surface area (Å²) >= 11 is 0. The summed E-state index contributed by atoms with van der Waals surface area (Å²) in [5, 5.41) is 1.01. The molecule has 2 aromatic rings. The van der Waals surface area contributed by atoms with Crippen LogP contribution < -0.4 is 0 Å². The Labute approximate surface area is 113 Å². The Bertz CT molecular complexity index is 602. The first-order valence-corrected chi connectivity index (χ1v) is 6.68. The van der Waals surface area contributed by atoms with Crippen molar-refractivity contribution < 1.29 is 4.79 Å². The smallest absolute Gasteiger partial charge is 0.254 e. The highest BCUT2D eigenvalue weighted by Gasteiger charge is 2.28. The van der Waals surface area contributed by atoms with Crippen LogP contribution in [0.1, 0.15) is 16.8 Å². The highest BCUT2D eigenvalue weighted by molar-refractivity contribution is 6.06. The fourth-order valence-corrected chi connectivity index (χ4v) is 2.79. The number of rotatable bonds is 2. The Morgan fingerprint density at radius 2 is 2.21 bits per heavy atom. The van der Waals surface area contributed by atoms with Gasteiger partial charge in [-0.25, -0.2) is 0 Å². The molecule has 2 heterocycles. The molecule has 0 saturated carbocycles. The second-order valence-electron chi connectivity index (χ2n) is 5.40. The highest BCUT2D eigenvalue weighted by Crippen LogP contribution is 2.22. The second kappa shape index (κ2) is 4.70. The second-order valence-corrected chi connectivity index (χ2v) is 5.40. The molecule has 1 aliphatic heterocycles. The van der Waals surface area contributed by atoms with Gasteiger partial charge in [-0.2, -0.15) is 0 Å². The van der Waals surface area contributed by atoms with Crippen molar-refractivity contribution in [3.63, 3.8) is 0 Å². The number of likely N-dealkylation sites (tertiary alicyclic amines) is 1. The molecule has 4 heteroatoms. The molecule has 1 atom stereocenters. The van der Waals surface area contributed by atoms with Gasteiger partial charge in [-0.05, 0) is 38.7 Å². The van der Waals surface area contributed by atoms with Crippen molar-refractivity contribution in [1.29, 1.82) is 0 Å². The third-order valence-electron chi connectivity index (χ3n) is 4.01. The van der Waals surface area contributed by atoms with E-state index in [9.17, 15) is 4.79 Å². The number of nitrogens with zero attached hydrogens (tertiary/aromatic N) is 2. The van der Waals surface area contributed by atoms with Crippen LogP contribution in [-0.4, -0.2) is 53.9 Å². The van der Waals surface area contributed by atoms with Gasteiger partial charge in [-0.1, -0.05) is 6.07 Å². The maximum Gasteiger partial charge on any atom is 0.254 e. The van der Waals surface area contributed by atoms with Crippen LogP contribution in [0.5, 0.6) is 0 Å². The molecule has 0 spiro atoms. The lowest BCUT2D eigenvalue weighted by molar-refractivity contribution is 0.0785. The fraction of sp³-hybridized carbons (Fsp3) is 0.400. The SMILES string of the molecule is CN(C)C1CCN(C(=O)c2cccc3[nH]ccc23)C1. The number of nitrogens with one attached hydrogen (secondary N) is 1. The maximum atomic E-state index is 12.6. The minimum Gasteiger partial charge on any atom is -0.361 e. The summed E-state index contributed by atoms with van der Waals surface area (Å²) in [5.74, 6) is 0.148. The number of hydrogen-bond acceptors (Lipinski definition) is 2. The summed E-state index contributed by atoms with van der Waals surface area (Å²) in [5.41, 5.74) is 1.83. The Hall–Kier alpha value is -1.81. The van der Waals surface area contributed by atoms with E-state index in [1.54, 1.807) is 0 Å². The van der Waals surface area contributed by atoms with Crippen LogP contribution >= 0.6 is 0 Å². The molecule has 0 radical (unpaired) electrons. The van der Waals surface area contributed by atoms with Gasteiger partial charge in [0.05, 0.1) is 0 Å². The van der Waals surface area contributed by atoms with Gasteiger partial charge in [0, 0.05) is 41.8 Å². The standard InChI is InChI=1S/C15H19N3O/c1-17(2)11-7-9-18(10-11)15(19)13-4-3-5-14-12(13)6-8-16-14/h3-6,8,11,16H,7,9-10H2,1-2H3. The van der Waals surface area contributed by atoms with Crippen molar-refractivity contribution in [3.05, 3.63) is 36.0 Å². The Morgan fingerprint density at radius 1 is 1.37 bits per heavy atom. The molecule has 1 aromatic carbocycles. The molecule has 4 nitrogen and oxygen atoms in total. The van der Waals surface area contributed by atoms with E-state index in [1.807, 2.05) is 35.4 Å². The first-order valence-electron chi connectivity index (χ1n) is 6.68. The number of carbonyl (C=O) groups excluding carboxylic acids is 1. The van der Waals surface area contributed by atoms with Gasteiger partial charge in [0.1, 0.15) is 0 Å². The minimum atomic E-state index is 0.148. The lowest BCUT2D eigenvalue weighted by Crippen LogP contribution is -2.34. The molecule has 1 N–H and O–H groups in total. The largest absolute Gasteiger partial charge is 0.361 e. The van der Waals surface area contributed by atoms with Crippen molar-refractivity contribution in [3.8, 4) is 0 Å². The summed E-state index contributed by atoms with van der Waals surface area (Å²) < 4.78 is 0. The van der Waals surface area contributed by atoms with Crippen LogP contribution in [0.15, 0.2) is 30.5 Å². The van der Waals surface area contributed by atoms with E-state index in [1.165, 1.54) is 0 Å². The molecular formula is C15H19N3O. The summed E-state index contributed by atoms with van der Waals surface area (Å²) in [6, 6.07) is 8.31. The molecule has 1 fully saturated rings. The zero-order valence-electron chi connectivity index (χ0n) is 11.4. The van der Waals surface area contributed by atoms with E-state index < -0.39 is 0 Å². The molecule has 0 aliphatic carbocycles. The highest BCUT2D eigenvalue weighted by atomic mass is 16.2. The normalized spacial score (nSPS) is 19.5. The van der Waals surface area contributed by atoms with E-state index in [0.717, 1.165) is 36.0 Å². The average molecular weight is 257 g/mol. The van der Waals surface area contributed by atoms with E-state index in [0.29, 0.717) is 6.04 Å². The monoisotopic (exact) mass is 257 g/mol. The van der Waals surface area contributed by atoms with Gasteiger partial charge >= 0.3 is 0 Å². The van der Waals surface area contributed by atoms with Crippen LogP contribution in [0.4, 0.5) is 0 Å². The number of hydrogen-bond donors (Lipinski definition) is 1. The van der Waals surface area contributed by atoms with Gasteiger partial charge in [0.15, 0.2) is 0 Å². The number of fused-ring (bicyclic) bond motifs is 1. The third-order valence-corrected chi connectivity index (χ3v) is 4.01. The number of amides is 1. The van der Waals surface area contributed by atoms with Gasteiger partial charge in [0.25, 0.3) is 5.91 Å². The molecule has 0 bridgehead atoms. The predicted octanol–water partition coefficient (Wildman–Crippen LogP) is 1.94. The minimum absolute atomic E-state index is 0.148. The van der Waals surface area contributed by atoms with Gasteiger partial charge in [-0.15, -0.1) is 0 Å². The molecule has 3 rings (SSSR count). The first-order chi connectivity index (χ1) is 9.16. The molecule has 1 aromatic heterocycles. The zero-order chi connectivity index (χ0) is 13.4. The van der Waals surface area contributed by atoms with E-state index in [2.05, 4.69) is 24.0 Å². The maximum absolute atomic E-state index is 12.6. The van der Waals surface area contributed by atoms with Crippen molar-refractivity contribution >= 4 is 16.8 Å². The molecule has 1 unspecified atom stereocenters. The Balaban J connectivity index is 1.87. The summed E-state index contributed by atoms with van der Waals surface area (Å²) in [7, 11) is 4.15. The Morgan fingerprint density at radius 3 is 2.95 bits per heavy atom. The van der Waals surface area contributed by atoms with Crippen LogP contribution in [0, 0.1) is 0 Å². The number of aromatic amines is 1. The number of likely N-dealkylation sites (N-methyl/N-ethyl adjacent to an activating group) is 1. The molecule has 100 valence electrons. The first kappa shape index (κ1) is 12.2. The molecule has 19 heavy (non-hydrogen) atoms. The van der Waals surface area contributed by atoms with Crippen molar-refractivity contribution in [1.82, 2.24) is 14.8 Å². The van der Waals surface area contributed by atoms with Crippen LogP contribution in [0.3, 0.4) is 0 Å². The number of benzene rings is 1. The van der Waals surface area contributed by atoms with E-state index >= 15 is 0 Å².